The van der Waals surface area contributed by atoms with E-state index in [1.165, 1.54) is 22.3 Å². The van der Waals surface area contributed by atoms with Crippen LogP contribution in [-0.4, -0.2) is 77.3 Å². The first-order chi connectivity index (χ1) is 31.0. The highest BCUT2D eigenvalue weighted by molar-refractivity contribution is 6.17. The van der Waals surface area contributed by atoms with Crippen LogP contribution in [0.1, 0.15) is 149 Å². The number of ether oxygens (including phenoxy) is 2. The number of aliphatic hydroxyl groups is 2. The second kappa shape index (κ2) is 18.0. The number of allylic oxidation sites excluding steroid dienone is 4. The first-order valence-electron chi connectivity index (χ1n) is 25.6. The molecule has 0 aromatic heterocycles. The number of anilines is 1. The van der Waals surface area contributed by atoms with Gasteiger partial charge in [-0.1, -0.05) is 69.8 Å². The van der Waals surface area contributed by atoms with E-state index >= 15 is 0 Å². The molecular weight excluding hydrogens is 834 g/mol. The van der Waals surface area contributed by atoms with Gasteiger partial charge in [-0.25, -0.2) is 0 Å². The summed E-state index contributed by atoms with van der Waals surface area (Å²) in [4.78, 5) is 26.7. The molecule has 0 bridgehead atoms. The molecule has 3 N–H and O–H groups in total. The third-order valence-electron chi connectivity index (χ3n) is 20.6. The number of carboxylic acid groups (broad SMARTS) is 1. The first-order valence-corrected chi connectivity index (χ1v) is 26.1. The Bertz CT molecular complexity index is 2110. The number of hydrogen-bond donors (Lipinski definition) is 3. The molecular formula is C56H78ClNO7. The van der Waals surface area contributed by atoms with Crippen LogP contribution in [0, 0.1) is 81.3 Å². The molecule has 0 spiro atoms. The summed E-state index contributed by atoms with van der Waals surface area (Å²) in [5.41, 5.74) is 5.22. The van der Waals surface area contributed by atoms with Crippen molar-refractivity contribution in [1.29, 1.82) is 0 Å². The average Bonchev–Trinajstić information content (AvgIpc) is 3.77. The molecule has 9 rings (SSSR count). The molecule has 356 valence electrons. The largest absolute Gasteiger partial charge is 0.481 e. The zero-order valence-corrected chi connectivity index (χ0v) is 41.2. The van der Waals surface area contributed by atoms with Crippen molar-refractivity contribution >= 4 is 29.0 Å². The second-order valence-electron chi connectivity index (χ2n) is 23.3. The van der Waals surface area contributed by atoms with E-state index in [2.05, 4.69) is 75.7 Å². The number of rotatable bonds is 12. The smallest absolute Gasteiger partial charge is 0.306 e. The van der Waals surface area contributed by atoms with E-state index in [9.17, 15) is 24.9 Å². The number of benzene rings is 1. The quantitative estimate of drug-likeness (QED) is 0.140. The number of alkyl halides is 1. The number of halogens is 1. The van der Waals surface area contributed by atoms with E-state index in [1.807, 2.05) is 19.9 Å². The Hall–Kier alpha value is -2.67. The predicted molar refractivity (Wildman–Crippen MR) is 256 cm³/mol. The van der Waals surface area contributed by atoms with Crippen LogP contribution in [-0.2, 0) is 19.1 Å². The molecule has 8 aliphatic rings. The maximum absolute atomic E-state index is 12.6. The molecule has 6 saturated carbocycles. The van der Waals surface area contributed by atoms with Gasteiger partial charge in [-0.15, -0.1) is 5.92 Å². The Kier molecular flexibility index (Phi) is 13.1. The summed E-state index contributed by atoms with van der Waals surface area (Å²) in [7, 11) is 2.15. The molecule has 1 aromatic carbocycles. The summed E-state index contributed by atoms with van der Waals surface area (Å²) in [5.74, 6) is 8.44. The molecule has 0 heterocycles. The van der Waals surface area contributed by atoms with Crippen molar-refractivity contribution in [3.8, 4) is 11.8 Å². The van der Waals surface area contributed by atoms with Gasteiger partial charge in [0.15, 0.2) is 5.78 Å². The van der Waals surface area contributed by atoms with E-state index in [-0.39, 0.29) is 58.1 Å². The summed E-state index contributed by atoms with van der Waals surface area (Å²) >= 11 is 6.39. The van der Waals surface area contributed by atoms with Crippen LogP contribution < -0.4 is 4.90 Å². The molecule has 8 nitrogen and oxygen atoms in total. The van der Waals surface area contributed by atoms with Crippen LogP contribution in [0.25, 0.3) is 0 Å². The van der Waals surface area contributed by atoms with Gasteiger partial charge in [0, 0.05) is 37.0 Å². The third-order valence-corrected chi connectivity index (χ3v) is 20.8. The topological polar surface area (TPSA) is 117 Å². The number of ketones is 1. The summed E-state index contributed by atoms with van der Waals surface area (Å²) in [6.07, 6.45) is 15.3. The SMILES string of the molecule is CC#C[C@]1(O)CC[C@H]2[C@@H]3CCC4=CC(=O)CCC4=C3[C@@H](c3ccc(N(C)CCO[C@H]4CC[C@@]5(C)[C@@H](C4)C[C@@H](OCCl)[C@@H]4[C@@H]5C[C@H](O)[C@]5(C)[C@@H]([C@H](C)CC(C)C(=O)O)CC[C@@H]45)cc3)C[C@@]21C. The molecule has 17 atom stereocenters. The molecule has 8 aliphatic carbocycles. The van der Waals surface area contributed by atoms with Gasteiger partial charge in [-0.3, -0.25) is 9.59 Å². The highest BCUT2D eigenvalue weighted by atomic mass is 35.5. The number of carbonyl (C=O) groups is 2. The van der Waals surface area contributed by atoms with E-state index in [0.29, 0.717) is 55.0 Å². The second-order valence-corrected chi connectivity index (χ2v) is 23.6. The van der Waals surface area contributed by atoms with E-state index < -0.39 is 23.6 Å². The number of hydrogen-bond acceptors (Lipinski definition) is 7. The minimum atomic E-state index is -0.986. The summed E-state index contributed by atoms with van der Waals surface area (Å²) in [6.45, 7) is 14.4. The molecule has 1 unspecified atom stereocenters. The zero-order chi connectivity index (χ0) is 46.2. The maximum Gasteiger partial charge on any atom is 0.306 e. The van der Waals surface area contributed by atoms with Crippen LogP contribution in [0.4, 0.5) is 5.69 Å². The van der Waals surface area contributed by atoms with Crippen molar-refractivity contribution in [2.45, 2.75) is 168 Å². The normalized spacial score (nSPS) is 42.8. The first kappa shape index (κ1) is 47.4. The lowest BCUT2D eigenvalue weighted by molar-refractivity contribution is -0.215. The fourth-order valence-electron chi connectivity index (χ4n) is 17.1. The molecule has 1 aromatic rings. The van der Waals surface area contributed by atoms with Gasteiger partial charge in [0.25, 0.3) is 0 Å². The molecule has 9 heteroatoms. The number of aliphatic hydroxyl groups excluding tert-OH is 1. The predicted octanol–water partition coefficient (Wildman–Crippen LogP) is 10.7. The number of aliphatic carboxylic acids is 1. The van der Waals surface area contributed by atoms with Crippen LogP contribution in [0.5, 0.6) is 0 Å². The summed E-state index contributed by atoms with van der Waals surface area (Å²) < 4.78 is 13.2. The van der Waals surface area contributed by atoms with Crippen molar-refractivity contribution in [1.82, 2.24) is 0 Å². The minimum Gasteiger partial charge on any atom is -0.481 e. The fourth-order valence-corrected chi connectivity index (χ4v) is 17.3. The Labute approximate surface area is 394 Å². The maximum atomic E-state index is 12.6. The number of likely N-dealkylation sites (N-methyl/N-ethyl adjacent to an activating group) is 1. The molecule has 0 saturated heterocycles. The molecule has 0 radical (unpaired) electrons. The van der Waals surface area contributed by atoms with E-state index in [1.54, 1.807) is 0 Å². The van der Waals surface area contributed by atoms with Crippen molar-refractivity contribution in [3.63, 3.8) is 0 Å². The van der Waals surface area contributed by atoms with Gasteiger partial charge in [0.05, 0.1) is 30.8 Å². The van der Waals surface area contributed by atoms with E-state index in [4.69, 9.17) is 21.1 Å². The van der Waals surface area contributed by atoms with Crippen LogP contribution >= 0.6 is 11.6 Å². The lowest BCUT2D eigenvalue weighted by atomic mass is 9.43. The minimum absolute atomic E-state index is 0.0471. The number of nitrogens with zero attached hydrogens (tertiary/aromatic N) is 1. The van der Waals surface area contributed by atoms with E-state index in [0.717, 1.165) is 95.7 Å². The van der Waals surface area contributed by atoms with Gasteiger partial charge in [0.1, 0.15) is 11.7 Å². The third kappa shape index (κ3) is 7.90. The summed E-state index contributed by atoms with van der Waals surface area (Å²) in [6, 6.07) is 9.31. The molecule has 0 aliphatic heterocycles. The Morgan fingerprint density at radius 1 is 0.954 bits per heavy atom. The average molecular weight is 913 g/mol. The monoisotopic (exact) mass is 912 g/mol. The van der Waals surface area contributed by atoms with Gasteiger partial charge >= 0.3 is 5.97 Å². The van der Waals surface area contributed by atoms with Gasteiger partial charge in [-0.05, 0) is 190 Å². The molecule has 0 amide bonds. The van der Waals surface area contributed by atoms with Crippen molar-refractivity contribution in [2.75, 3.05) is 31.2 Å². The standard InChI is InChI=1S/C56H78ClNO7/c1-8-21-56(63)23-20-45-42-15-11-36-27-39(59)14-16-41(36)50(42)43(31-54(45,56)5)35-9-12-38(13-10-35)58(7)24-25-64-40-19-22-53(4)37(28-40)29-48(65-32-57)51-46-18-17-44(33(2)26-34(3)52(61)62)55(46,6)49(60)30-47(51)53/h9-10,12-13,27,33-34,37,40,42-49,51,60,63H,11,14-20,22-26,28-32H2,1-7H3,(H,61,62)/t33-,34?,37+,40+,42+,43-,44-,45+,46+,47+,48-,49+,51+,53+,54+,55-,56+/m1/s1. The highest BCUT2D eigenvalue weighted by Gasteiger charge is 2.67. The number of carbonyl (C=O) groups excluding carboxylic acids is 1. The van der Waals surface area contributed by atoms with Crippen LogP contribution in [0.3, 0.4) is 0 Å². The van der Waals surface area contributed by atoms with Gasteiger partial charge < -0.3 is 29.7 Å². The van der Waals surface area contributed by atoms with Crippen molar-refractivity contribution < 1.29 is 34.4 Å². The zero-order valence-electron chi connectivity index (χ0n) is 40.4. The van der Waals surface area contributed by atoms with Crippen LogP contribution in [0.15, 0.2) is 47.1 Å². The number of carboxylic acids is 1. The van der Waals surface area contributed by atoms with Crippen LogP contribution in [0.2, 0.25) is 0 Å². The fraction of sp³-hybridized carbons (Fsp3) is 0.750. The Morgan fingerprint density at radius 2 is 1.72 bits per heavy atom. The Morgan fingerprint density at radius 3 is 2.45 bits per heavy atom. The summed E-state index contributed by atoms with van der Waals surface area (Å²) in [5, 5.41) is 34.0. The van der Waals surface area contributed by atoms with Gasteiger partial charge in [-0.2, -0.15) is 0 Å². The van der Waals surface area contributed by atoms with Crippen molar-refractivity contribution in [2.24, 2.45) is 69.5 Å². The highest BCUT2D eigenvalue weighted by Crippen LogP contribution is 2.70. The molecule has 65 heavy (non-hydrogen) atoms. The van der Waals surface area contributed by atoms with Gasteiger partial charge in [0.2, 0.25) is 0 Å². The Balaban J connectivity index is 0.855. The van der Waals surface area contributed by atoms with Crippen molar-refractivity contribution in [3.05, 3.63) is 52.6 Å². The lowest BCUT2D eigenvalue weighted by Crippen LogP contribution is -2.62. The number of fused-ring (bicyclic) bond motifs is 9. The molecule has 6 fully saturated rings. The lowest BCUT2D eigenvalue weighted by Gasteiger charge is -2.64.